The van der Waals surface area contributed by atoms with Crippen LogP contribution in [0.3, 0.4) is 0 Å². The Hall–Kier alpha value is -2.31. The molecule has 7 heteroatoms. The van der Waals surface area contributed by atoms with E-state index in [4.69, 9.17) is 0 Å². The maximum absolute atomic E-state index is 12.0. The molecule has 0 aliphatic rings. The van der Waals surface area contributed by atoms with Gasteiger partial charge in [0.05, 0.1) is 11.9 Å². The number of hydrogen-bond donors (Lipinski definition) is 1. The highest BCUT2D eigenvalue weighted by Gasteiger charge is 2.14. The first kappa shape index (κ1) is 11.2. The quantitative estimate of drug-likeness (QED) is 0.880. The van der Waals surface area contributed by atoms with E-state index in [2.05, 4.69) is 10.1 Å². The number of hydrogen-bond acceptors (Lipinski definition) is 3. The van der Waals surface area contributed by atoms with Crippen LogP contribution in [0.2, 0.25) is 0 Å². The number of carbonyl (C=O) groups excluding carboxylic acids is 1. The number of anilines is 1. The molecule has 88 valence electrons. The molecule has 0 spiro atoms. The van der Waals surface area contributed by atoms with E-state index in [9.17, 15) is 13.6 Å². The summed E-state index contributed by atoms with van der Waals surface area (Å²) in [4.78, 5) is 14.7. The fraction of sp³-hybridized carbons (Fsp3) is 0.100. The van der Waals surface area contributed by atoms with Crippen LogP contribution in [0.4, 0.5) is 14.5 Å². The van der Waals surface area contributed by atoms with Crippen LogP contribution in [0.1, 0.15) is 0 Å². The zero-order valence-electron chi connectivity index (χ0n) is 8.55. The Bertz CT molecular complexity index is 496. The zero-order valence-corrected chi connectivity index (χ0v) is 8.55. The minimum absolute atomic E-state index is 0.214. The van der Waals surface area contributed by atoms with Gasteiger partial charge >= 0.3 is 6.43 Å². The van der Waals surface area contributed by atoms with Crippen LogP contribution < -0.4 is 5.32 Å². The van der Waals surface area contributed by atoms with Gasteiger partial charge in [0.15, 0.2) is 5.82 Å². The molecule has 5 nitrogen and oxygen atoms in total. The number of aromatic nitrogens is 3. The third-order valence-corrected chi connectivity index (χ3v) is 1.95. The summed E-state index contributed by atoms with van der Waals surface area (Å²) in [6.07, 6.45) is 1.53. The van der Waals surface area contributed by atoms with Gasteiger partial charge in [-0.05, 0) is 18.2 Å². The van der Waals surface area contributed by atoms with Gasteiger partial charge in [-0.2, -0.15) is 13.9 Å². The lowest BCUT2D eigenvalue weighted by Gasteiger charge is -2.05. The lowest BCUT2D eigenvalue weighted by atomic mass is 10.4. The SMILES string of the molecule is O=C(Nc1ccc(-n2cccn2)nc1)C(F)F. The molecule has 0 bridgehead atoms. The predicted octanol–water partition coefficient (Wildman–Crippen LogP) is 1.47. The fourth-order valence-corrected chi connectivity index (χ4v) is 1.20. The maximum atomic E-state index is 12.0. The molecular weight excluding hydrogens is 230 g/mol. The highest BCUT2D eigenvalue weighted by atomic mass is 19.3. The van der Waals surface area contributed by atoms with Gasteiger partial charge in [-0.15, -0.1) is 0 Å². The lowest BCUT2D eigenvalue weighted by Crippen LogP contribution is -2.20. The summed E-state index contributed by atoms with van der Waals surface area (Å²) < 4.78 is 25.5. The van der Waals surface area contributed by atoms with E-state index < -0.39 is 12.3 Å². The number of halogens is 2. The van der Waals surface area contributed by atoms with Crippen molar-refractivity contribution in [2.75, 3.05) is 5.32 Å². The van der Waals surface area contributed by atoms with Gasteiger partial charge in [0.25, 0.3) is 5.91 Å². The second-order valence-corrected chi connectivity index (χ2v) is 3.15. The van der Waals surface area contributed by atoms with E-state index in [-0.39, 0.29) is 5.69 Å². The monoisotopic (exact) mass is 238 g/mol. The van der Waals surface area contributed by atoms with Crippen molar-refractivity contribution in [2.45, 2.75) is 6.43 Å². The second-order valence-electron chi connectivity index (χ2n) is 3.15. The standard InChI is InChI=1S/C10H8F2N4O/c11-9(12)10(17)15-7-2-3-8(13-6-7)16-5-1-4-14-16/h1-6,9H,(H,15,17). The number of carbonyl (C=O) groups is 1. The second kappa shape index (κ2) is 4.69. The van der Waals surface area contributed by atoms with Crippen LogP contribution in [0.25, 0.3) is 5.82 Å². The minimum Gasteiger partial charge on any atom is -0.320 e. The Labute approximate surface area is 95.1 Å². The highest BCUT2D eigenvalue weighted by molar-refractivity contribution is 5.92. The van der Waals surface area contributed by atoms with E-state index in [0.29, 0.717) is 5.82 Å². The zero-order chi connectivity index (χ0) is 12.3. The molecule has 0 saturated heterocycles. The van der Waals surface area contributed by atoms with E-state index in [1.165, 1.54) is 16.9 Å². The highest BCUT2D eigenvalue weighted by Crippen LogP contribution is 2.10. The average molecular weight is 238 g/mol. The Morgan fingerprint density at radius 1 is 1.41 bits per heavy atom. The van der Waals surface area contributed by atoms with Crippen LogP contribution in [-0.2, 0) is 4.79 Å². The van der Waals surface area contributed by atoms with Crippen molar-refractivity contribution in [3.63, 3.8) is 0 Å². The number of pyridine rings is 1. The van der Waals surface area contributed by atoms with Crippen molar-refractivity contribution in [2.24, 2.45) is 0 Å². The van der Waals surface area contributed by atoms with Crippen molar-refractivity contribution < 1.29 is 13.6 Å². The van der Waals surface area contributed by atoms with Crippen LogP contribution in [0, 0.1) is 0 Å². The van der Waals surface area contributed by atoms with Crippen LogP contribution in [0.15, 0.2) is 36.8 Å². The summed E-state index contributed by atoms with van der Waals surface area (Å²) in [5, 5.41) is 5.98. The summed E-state index contributed by atoms with van der Waals surface area (Å²) in [7, 11) is 0. The first-order valence-electron chi connectivity index (χ1n) is 4.72. The number of nitrogens with zero attached hydrogens (tertiary/aromatic N) is 3. The molecule has 0 aliphatic carbocycles. The van der Waals surface area contributed by atoms with Gasteiger partial charge in [-0.1, -0.05) is 0 Å². The molecule has 17 heavy (non-hydrogen) atoms. The lowest BCUT2D eigenvalue weighted by molar-refractivity contribution is -0.126. The molecule has 0 radical (unpaired) electrons. The van der Waals surface area contributed by atoms with Gasteiger partial charge in [0.2, 0.25) is 0 Å². The van der Waals surface area contributed by atoms with E-state index in [1.54, 1.807) is 24.5 Å². The molecule has 1 N–H and O–H groups in total. The molecule has 0 aliphatic heterocycles. The molecule has 0 fully saturated rings. The van der Waals surface area contributed by atoms with Gasteiger partial charge < -0.3 is 5.32 Å². The average Bonchev–Trinajstić information content (AvgIpc) is 2.83. The normalized spacial score (nSPS) is 10.5. The Morgan fingerprint density at radius 3 is 2.76 bits per heavy atom. The van der Waals surface area contributed by atoms with E-state index in [1.807, 2.05) is 5.32 Å². The number of rotatable bonds is 3. The third-order valence-electron chi connectivity index (χ3n) is 1.95. The van der Waals surface area contributed by atoms with E-state index >= 15 is 0 Å². The van der Waals surface area contributed by atoms with Crippen molar-refractivity contribution >= 4 is 11.6 Å². The minimum atomic E-state index is -3.04. The molecule has 2 aromatic rings. The van der Waals surface area contributed by atoms with Crippen molar-refractivity contribution in [3.05, 3.63) is 36.8 Å². The molecule has 0 unspecified atom stereocenters. The third kappa shape index (κ3) is 2.63. The Morgan fingerprint density at radius 2 is 2.24 bits per heavy atom. The first-order chi connectivity index (χ1) is 8.16. The number of nitrogens with one attached hydrogen (secondary N) is 1. The van der Waals surface area contributed by atoms with E-state index in [0.717, 1.165) is 0 Å². The number of amides is 1. The molecule has 0 atom stereocenters. The van der Waals surface area contributed by atoms with Gasteiger partial charge in [0, 0.05) is 12.4 Å². The maximum Gasteiger partial charge on any atom is 0.315 e. The van der Waals surface area contributed by atoms with Crippen LogP contribution >= 0.6 is 0 Å². The van der Waals surface area contributed by atoms with Crippen molar-refractivity contribution in [3.8, 4) is 5.82 Å². The molecular formula is C10H8F2N4O. The summed E-state index contributed by atoms with van der Waals surface area (Å²) >= 11 is 0. The topological polar surface area (TPSA) is 59.8 Å². The smallest absolute Gasteiger partial charge is 0.315 e. The largest absolute Gasteiger partial charge is 0.320 e. The Kier molecular flexibility index (Phi) is 3.08. The van der Waals surface area contributed by atoms with Gasteiger partial charge in [-0.25, -0.2) is 9.67 Å². The number of alkyl halides is 2. The van der Waals surface area contributed by atoms with Gasteiger partial charge in [0.1, 0.15) is 0 Å². The Balaban J connectivity index is 2.11. The van der Waals surface area contributed by atoms with Crippen molar-refractivity contribution in [1.29, 1.82) is 0 Å². The fourth-order valence-electron chi connectivity index (χ4n) is 1.20. The molecule has 2 aromatic heterocycles. The van der Waals surface area contributed by atoms with Crippen LogP contribution in [-0.4, -0.2) is 27.1 Å². The van der Waals surface area contributed by atoms with Gasteiger partial charge in [-0.3, -0.25) is 4.79 Å². The molecule has 2 rings (SSSR count). The van der Waals surface area contributed by atoms with Crippen molar-refractivity contribution in [1.82, 2.24) is 14.8 Å². The predicted molar refractivity (Wildman–Crippen MR) is 56.0 cm³/mol. The summed E-state index contributed by atoms with van der Waals surface area (Å²) in [6, 6.07) is 4.77. The molecule has 0 aromatic carbocycles. The summed E-state index contributed by atoms with van der Waals surface area (Å²) in [6.45, 7) is 0. The first-order valence-corrected chi connectivity index (χ1v) is 4.72. The molecule has 0 saturated carbocycles. The summed E-state index contributed by atoms with van der Waals surface area (Å²) in [5.74, 6) is -0.816. The van der Waals surface area contributed by atoms with Crippen LogP contribution in [0.5, 0.6) is 0 Å². The molecule has 1 amide bonds. The molecule has 2 heterocycles. The summed E-state index contributed by atoms with van der Waals surface area (Å²) in [5.41, 5.74) is 0.214.